The van der Waals surface area contributed by atoms with Gasteiger partial charge in [-0.15, -0.1) is 10.2 Å². The molecule has 0 aromatic carbocycles. The summed E-state index contributed by atoms with van der Waals surface area (Å²) in [4.78, 5) is 1.42. The molecule has 2 aromatic heterocycles. The Kier molecular flexibility index (Phi) is 2.50. The Morgan fingerprint density at radius 3 is 3.07 bits per heavy atom. The van der Waals surface area contributed by atoms with Gasteiger partial charge in [0.15, 0.2) is 5.82 Å². The van der Waals surface area contributed by atoms with Crippen LogP contribution in [0.5, 0.6) is 0 Å². The van der Waals surface area contributed by atoms with Crippen LogP contribution in [0.4, 0.5) is 0 Å². The van der Waals surface area contributed by atoms with Crippen LogP contribution in [0.1, 0.15) is 11.6 Å². The summed E-state index contributed by atoms with van der Waals surface area (Å²) in [5.74, 6) is 1.45. The van der Waals surface area contributed by atoms with Gasteiger partial charge in [-0.1, -0.05) is 5.16 Å². The van der Waals surface area contributed by atoms with Gasteiger partial charge in [0.2, 0.25) is 0 Å². The summed E-state index contributed by atoms with van der Waals surface area (Å²) < 4.78 is 4.90. The smallest absolute Gasteiger partial charge is 0.188 e. The molecule has 2 rings (SSSR count). The summed E-state index contributed by atoms with van der Waals surface area (Å²) in [5.41, 5.74) is 0. The lowest BCUT2D eigenvalue weighted by molar-refractivity contribution is 0.372. The Hall–Kier alpha value is -1.76. The van der Waals surface area contributed by atoms with Crippen molar-refractivity contribution in [3.05, 3.63) is 23.8 Å². The highest BCUT2D eigenvalue weighted by molar-refractivity contribution is 4.92. The van der Waals surface area contributed by atoms with Crippen LogP contribution in [0.15, 0.2) is 16.8 Å². The van der Waals surface area contributed by atoms with Crippen LogP contribution in [0.25, 0.3) is 0 Å². The number of nitrogens with zero attached hydrogens (tertiary/aromatic N) is 5. The monoisotopic (exact) mass is 194 g/mol. The fourth-order valence-corrected chi connectivity index (χ4v) is 1.02. The minimum absolute atomic E-state index is 0.564. The first-order valence-corrected chi connectivity index (χ1v) is 4.18. The molecule has 74 valence electrons. The molecule has 0 aliphatic carbocycles. The number of aromatic nitrogens is 5. The molecule has 0 aliphatic heterocycles. The molecule has 0 amide bonds. The molecule has 2 heterocycles. The van der Waals surface area contributed by atoms with Gasteiger partial charge in [0.05, 0.1) is 26.3 Å². The molecule has 7 heteroatoms. The van der Waals surface area contributed by atoms with E-state index in [9.17, 15) is 0 Å². The summed E-state index contributed by atoms with van der Waals surface area (Å²) >= 11 is 0. The van der Waals surface area contributed by atoms with E-state index in [1.807, 2.05) is 0 Å². The van der Waals surface area contributed by atoms with E-state index in [0.29, 0.717) is 18.9 Å². The van der Waals surface area contributed by atoms with Crippen molar-refractivity contribution in [1.82, 2.24) is 30.7 Å². The largest absolute Gasteiger partial charge is 0.360 e. The number of aryl methyl sites for hydroxylation is 1. The van der Waals surface area contributed by atoms with Gasteiger partial charge >= 0.3 is 0 Å². The molecule has 0 atom stereocenters. The number of hydrogen-bond donors (Lipinski definition) is 1. The Morgan fingerprint density at radius 2 is 2.43 bits per heavy atom. The van der Waals surface area contributed by atoms with Crippen LogP contribution in [0.3, 0.4) is 0 Å². The zero-order valence-electron chi connectivity index (χ0n) is 7.71. The molecule has 0 unspecified atom stereocenters. The Bertz CT molecular complexity index is 381. The maximum Gasteiger partial charge on any atom is 0.188 e. The van der Waals surface area contributed by atoms with Crippen LogP contribution >= 0.6 is 0 Å². The van der Waals surface area contributed by atoms with Gasteiger partial charge < -0.3 is 9.84 Å². The lowest BCUT2D eigenvalue weighted by Crippen LogP contribution is -2.13. The third kappa shape index (κ3) is 2.13. The van der Waals surface area contributed by atoms with E-state index in [0.717, 1.165) is 5.76 Å². The molecular formula is C7H10N6O. The quantitative estimate of drug-likeness (QED) is 0.705. The van der Waals surface area contributed by atoms with Crippen molar-refractivity contribution in [3.8, 4) is 0 Å². The topological polar surface area (TPSA) is 81.7 Å². The van der Waals surface area contributed by atoms with Gasteiger partial charge in [-0.2, -0.15) is 4.80 Å². The molecule has 1 N–H and O–H groups in total. The summed E-state index contributed by atoms with van der Waals surface area (Å²) in [7, 11) is 1.73. The number of tetrazole rings is 1. The first-order chi connectivity index (χ1) is 6.84. The number of nitrogens with one attached hydrogen (secondary N) is 1. The summed E-state index contributed by atoms with van der Waals surface area (Å²) in [6, 6.07) is 1.80. The Balaban J connectivity index is 1.78. The fourth-order valence-electron chi connectivity index (χ4n) is 1.02. The van der Waals surface area contributed by atoms with Gasteiger partial charge in [-0.05, 0) is 5.21 Å². The second kappa shape index (κ2) is 3.97. The zero-order valence-corrected chi connectivity index (χ0v) is 7.71. The molecular weight excluding hydrogens is 184 g/mol. The van der Waals surface area contributed by atoms with Gasteiger partial charge in [-0.25, -0.2) is 0 Å². The molecule has 0 spiro atoms. The molecule has 14 heavy (non-hydrogen) atoms. The summed E-state index contributed by atoms with van der Waals surface area (Å²) in [6.07, 6.45) is 1.61. The third-order valence-electron chi connectivity index (χ3n) is 1.62. The molecule has 0 fully saturated rings. The van der Waals surface area contributed by atoms with Crippen molar-refractivity contribution >= 4 is 0 Å². The normalized spacial score (nSPS) is 10.6. The van der Waals surface area contributed by atoms with Crippen LogP contribution in [0.2, 0.25) is 0 Å². The highest BCUT2D eigenvalue weighted by atomic mass is 16.5. The van der Waals surface area contributed by atoms with Gasteiger partial charge in [0, 0.05) is 6.07 Å². The first kappa shape index (κ1) is 8.82. The maximum absolute atomic E-state index is 4.90. The Labute approximate surface area is 80.1 Å². The van der Waals surface area contributed by atoms with Crippen molar-refractivity contribution in [2.75, 3.05) is 0 Å². The average Bonchev–Trinajstić information content (AvgIpc) is 2.77. The van der Waals surface area contributed by atoms with E-state index < -0.39 is 0 Å². The van der Waals surface area contributed by atoms with E-state index in [4.69, 9.17) is 4.52 Å². The van der Waals surface area contributed by atoms with Gasteiger partial charge in [-0.3, -0.25) is 0 Å². The predicted molar refractivity (Wildman–Crippen MR) is 45.8 cm³/mol. The van der Waals surface area contributed by atoms with Crippen molar-refractivity contribution < 1.29 is 4.52 Å². The van der Waals surface area contributed by atoms with E-state index in [-0.39, 0.29) is 0 Å². The highest BCUT2D eigenvalue weighted by Crippen LogP contribution is 1.95. The second-order valence-electron chi connectivity index (χ2n) is 2.78. The fraction of sp³-hybridized carbons (Fsp3) is 0.429. The van der Waals surface area contributed by atoms with Crippen molar-refractivity contribution in [3.63, 3.8) is 0 Å². The van der Waals surface area contributed by atoms with E-state index in [2.05, 4.69) is 25.9 Å². The zero-order chi connectivity index (χ0) is 9.80. The van der Waals surface area contributed by atoms with Crippen LogP contribution in [0, 0.1) is 0 Å². The predicted octanol–water partition coefficient (Wildman–Crippen LogP) is -0.512. The van der Waals surface area contributed by atoms with E-state index in [1.165, 1.54) is 4.80 Å². The number of rotatable bonds is 4. The molecule has 2 aromatic rings. The minimum atomic E-state index is 0.564. The molecule has 0 radical (unpaired) electrons. The molecule has 0 saturated heterocycles. The molecule has 0 saturated carbocycles. The van der Waals surface area contributed by atoms with E-state index >= 15 is 0 Å². The van der Waals surface area contributed by atoms with E-state index in [1.54, 1.807) is 19.3 Å². The van der Waals surface area contributed by atoms with Crippen molar-refractivity contribution in [1.29, 1.82) is 0 Å². The second-order valence-corrected chi connectivity index (χ2v) is 2.78. The first-order valence-electron chi connectivity index (χ1n) is 4.18. The molecule has 7 nitrogen and oxygen atoms in total. The van der Waals surface area contributed by atoms with Crippen molar-refractivity contribution in [2.24, 2.45) is 7.05 Å². The molecule has 0 bridgehead atoms. The summed E-state index contributed by atoms with van der Waals surface area (Å²) in [6.45, 7) is 1.17. The maximum atomic E-state index is 4.90. The lowest BCUT2D eigenvalue weighted by atomic mass is 10.4. The lowest BCUT2D eigenvalue weighted by Gasteiger charge is -1.95. The van der Waals surface area contributed by atoms with Crippen molar-refractivity contribution in [2.45, 2.75) is 13.1 Å². The summed E-state index contributed by atoms with van der Waals surface area (Å²) in [5, 5.41) is 18.2. The molecule has 0 aliphatic rings. The standard InChI is InChI=1S/C7H10N6O/c1-13-11-7(10-12-13)5-8-4-6-2-3-9-14-6/h2-3,8H,4-5H2,1H3. The van der Waals surface area contributed by atoms with Crippen LogP contribution < -0.4 is 5.32 Å². The average molecular weight is 194 g/mol. The Morgan fingerprint density at radius 1 is 1.50 bits per heavy atom. The van der Waals surface area contributed by atoms with Gasteiger partial charge in [0.1, 0.15) is 5.76 Å². The highest BCUT2D eigenvalue weighted by Gasteiger charge is 2.00. The number of hydrogen-bond acceptors (Lipinski definition) is 6. The minimum Gasteiger partial charge on any atom is -0.360 e. The SMILES string of the molecule is Cn1nnc(CNCc2ccno2)n1. The third-order valence-corrected chi connectivity index (χ3v) is 1.62. The van der Waals surface area contributed by atoms with Crippen LogP contribution in [-0.2, 0) is 20.1 Å². The van der Waals surface area contributed by atoms with Gasteiger partial charge in [0.25, 0.3) is 0 Å². The van der Waals surface area contributed by atoms with Crippen LogP contribution in [-0.4, -0.2) is 25.4 Å².